The van der Waals surface area contributed by atoms with E-state index in [1.165, 1.54) is 18.2 Å². The molecule has 0 saturated carbocycles. The molecular formula is C17H14ClFN4. The summed E-state index contributed by atoms with van der Waals surface area (Å²) in [6.45, 7) is 3.78. The molecule has 0 unspecified atom stereocenters. The number of aryl methyl sites for hydroxylation is 1. The molecule has 6 heteroatoms. The van der Waals surface area contributed by atoms with E-state index in [-0.39, 0.29) is 5.56 Å². The fourth-order valence-electron chi connectivity index (χ4n) is 2.11. The third-order valence-electron chi connectivity index (χ3n) is 3.50. The Morgan fingerprint density at radius 2 is 1.78 bits per heavy atom. The normalized spacial score (nSPS) is 10.6. The Labute approximate surface area is 138 Å². The van der Waals surface area contributed by atoms with E-state index in [1.54, 1.807) is 12.4 Å². The smallest absolute Gasteiger partial charge is 0.164 e. The SMILES string of the molecule is Cc1nc(-c2cc(Cl)ccc2F)nc(Nc2ccncc2)c1C. The first-order chi connectivity index (χ1) is 11.0. The number of hydrogen-bond acceptors (Lipinski definition) is 4. The van der Waals surface area contributed by atoms with Gasteiger partial charge in [-0.2, -0.15) is 0 Å². The van der Waals surface area contributed by atoms with Crippen LogP contribution in [0.5, 0.6) is 0 Å². The number of anilines is 2. The van der Waals surface area contributed by atoms with Gasteiger partial charge in [0.15, 0.2) is 5.82 Å². The highest BCUT2D eigenvalue weighted by molar-refractivity contribution is 6.30. The van der Waals surface area contributed by atoms with E-state index in [4.69, 9.17) is 11.6 Å². The first-order valence-corrected chi connectivity index (χ1v) is 7.40. The Morgan fingerprint density at radius 1 is 1.04 bits per heavy atom. The van der Waals surface area contributed by atoms with E-state index in [0.29, 0.717) is 16.7 Å². The highest BCUT2D eigenvalue weighted by Crippen LogP contribution is 2.27. The Balaban J connectivity index is 2.08. The molecule has 0 aliphatic heterocycles. The summed E-state index contributed by atoms with van der Waals surface area (Å²) in [7, 11) is 0. The average Bonchev–Trinajstić information content (AvgIpc) is 2.55. The minimum absolute atomic E-state index is 0.276. The van der Waals surface area contributed by atoms with Crippen molar-refractivity contribution in [2.24, 2.45) is 0 Å². The van der Waals surface area contributed by atoms with Gasteiger partial charge in [-0.15, -0.1) is 0 Å². The summed E-state index contributed by atoms with van der Waals surface area (Å²) >= 11 is 5.96. The number of nitrogens with one attached hydrogen (secondary N) is 1. The maximum atomic E-state index is 14.1. The molecule has 0 aliphatic rings. The zero-order chi connectivity index (χ0) is 16.4. The first-order valence-electron chi connectivity index (χ1n) is 7.02. The number of pyridine rings is 1. The quantitative estimate of drug-likeness (QED) is 0.757. The predicted octanol–water partition coefficient (Wildman–Crippen LogP) is 4.69. The molecule has 0 amide bonds. The summed E-state index contributed by atoms with van der Waals surface area (Å²) in [5, 5.41) is 3.65. The molecule has 0 saturated heterocycles. The molecule has 0 aliphatic carbocycles. The van der Waals surface area contributed by atoms with Gasteiger partial charge in [0.25, 0.3) is 0 Å². The molecule has 0 bridgehead atoms. The van der Waals surface area contributed by atoms with Gasteiger partial charge in [-0.1, -0.05) is 11.6 Å². The van der Waals surface area contributed by atoms with Crippen molar-refractivity contribution in [1.82, 2.24) is 15.0 Å². The van der Waals surface area contributed by atoms with Crippen LogP contribution in [-0.4, -0.2) is 15.0 Å². The van der Waals surface area contributed by atoms with Crippen LogP contribution in [0.4, 0.5) is 15.9 Å². The van der Waals surface area contributed by atoms with Crippen LogP contribution in [-0.2, 0) is 0 Å². The van der Waals surface area contributed by atoms with E-state index >= 15 is 0 Å². The average molecular weight is 329 g/mol. The lowest BCUT2D eigenvalue weighted by atomic mass is 10.1. The molecule has 3 aromatic rings. The van der Waals surface area contributed by atoms with Crippen molar-refractivity contribution in [2.75, 3.05) is 5.32 Å². The molecule has 3 rings (SSSR count). The van der Waals surface area contributed by atoms with E-state index < -0.39 is 5.82 Å². The number of benzene rings is 1. The van der Waals surface area contributed by atoms with Crippen LogP contribution < -0.4 is 5.32 Å². The van der Waals surface area contributed by atoms with Crippen molar-refractivity contribution in [3.63, 3.8) is 0 Å². The summed E-state index contributed by atoms with van der Waals surface area (Å²) in [6.07, 6.45) is 3.37. The first kappa shape index (κ1) is 15.4. The Hall–Kier alpha value is -2.53. The third-order valence-corrected chi connectivity index (χ3v) is 3.74. The van der Waals surface area contributed by atoms with Crippen LogP contribution in [0.15, 0.2) is 42.7 Å². The van der Waals surface area contributed by atoms with Gasteiger partial charge in [-0.3, -0.25) is 4.98 Å². The second-order valence-corrected chi connectivity index (χ2v) is 5.53. The molecule has 1 N–H and O–H groups in total. The number of halogens is 2. The van der Waals surface area contributed by atoms with Crippen molar-refractivity contribution in [3.8, 4) is 11.4 Å². The number of hydrogen-bond donors (Lipinski definition) is 1. The van der Waals surface area contributed by atoms with Gasteiger partial charge >= 0.3 is 0 Å². The third kappa shape index (κ3) is 3.29. The molecule has 2 heterocycles. The summed E-state index contributed by atoms with van der Waals surface area (Å²) in [5.74, 6) is 0.509. The van der Waals surface area contributed by atoms with Crippen LogP contribution in [0.3, 0.4) is 0 Å². The number of aromatic nitrogens is 3. The lowest BCUT2D eigenvalue weighted by Gasteiger charge is -2.13. The summed E-state index contributed by atoms with van der Waals surface area (Å²) < 4.78 is 14.1. The lowest BCUT2D eigenvalue weighted by molar-refractivity contribution is 0.630. The van der Waals surface area contributed by atoms with Gasteiger partial charge in [0.1, 0.15) is 11.6 Å². The van der Waals surface area contributed by atoms with Gasteiger partial charge in [-0.05, 0) is 44.2 Å². The summed E-state index contributed by atoms with van der Waals surface area (Å²) in [4.78, 5) is 12.8. The van der Waals surface area contributed by atoms with E-state index in [9.17, 15) is 4.39 Å². The van der Waals surface area contributed by atoms with Crippen molar-refractivity contribution in [3.05, 3.63) is 64.8 Å². The zero-order valence-corrected chi connectivity index (χ0v) is 13.4. The second kappa shape index (κ2) is 6.30. The van der Waals surface area contributed by atoms with Gasteiger partial charge in [0.05, 0.1) is 5.56 Å². The van der Waals surface area contributed by atoms with E-state index in [0.717, 1.165) is 16.9 Å². The number of nitrogens with zero attached hydrogens (tertiary/aromatic N) is 3. The molecule has 0 fully saturated rings. The van der Waals surface area contributed by atoms with E-state index in [2.05, 4.69) is 20.3 Å². The standard InChI is InChI=1S/C17H14ClFN4/c1-10-11(2)21-17(14-9-12(18)3-4-15(14)19)23-16(10)22-13-5-7-20-8-6-13/h3-9H,1-2H3,(H,20,21,22,23). The Kier molecular flexibility index (Phi) is 4.21. The molecule has 0 atom stereocenters. The minimum Gasteiger partial charge on any atom is -0.340 e. The van der Waals surface area contributed by atoms with Crippen LogP contribution >= 0.6 is 11.6 Å². The maximum Gasteiger partial charge on any atom is 0.164 e. The monoisotopic (exact) mass is 328 g/mol. The zero-order valence-electron chi connectivity index (χ0n) is 12.6. The van der Waals surface area contributed by atoms with Crippen molar-refractivity contribution in [1.29, 1.82) is 0 Å². The fourth-order valence-corrected chi connectivity index (χ4v) is 2.28. The van der Waals surface area contributed by atoms with Crippen molar-refractivity contribution in [2.45, 2.75) is 13.8 Å². The van der Waals surface area contributed by atoms with Gasteiger partial charge in [0.2, 0.25) is 0 Å². The highest BCUT2D eigenvalue weighted by Gasteiger charge is 2.13. The lowest BCUT2D eigenvalue weighted by Crippen LogP contribution is -2.04. The predicted molar refractivity (Wildman–Crippen MR) is 89.4 cm³/mol. The molecule has 1 aromatic carbocycles. The van der Waals surface area contributed by atoms with Crippen molar-refractivity contribution < 1.29 is 4.39 Å². The van der Waals surface area contributed by atoms with Gasteiger partial charge in [-0.25, -0.2) is 14.4 Å². The Bertz CT molecular complexity index is 853. The maximum absolute atomic E-state index is 14.1. The Morgan fingerprint density at radius 3 is 2.52 bits per heavy atom. The van der Waals surface area contributed by atoms with Crippen LogP contribution in [0.25, 0.3) is 11.4 Å². The second-order valence-electron chi connectivity index (χ2n) is 5.09. The molecule has 2 aromatic heterocycles. The molecule has 23 heavy (non-hydrogen) atoms. The highest BCUT2D eigenvalue weighted by atomic mass is 35.5. The molecular weight excluding hydrogens is 315 g/mol. The fraction of sp³-hybridized carbons (Fsp3) is 0.118. The summed E-state index contributed by atoms with van der Waals surface area (Å²) in [6, 6.07) is 7.99. The van der Waals surface area contributed by atoms with Crippen LogP contribution in [0.1, 0.15) is 11.3 Å². The molecule has 0 spiro atoms. The van der Waals surface area contributed by atoms with E-state index in [1.807, 2.05) is 26.0 Å². The topological polar surface area (TPSA) is 50.7 Å². The molecule has 0 radical (unpaired) electrons. The van der Waals surface area contributed by atoms with Crippen LogP contribution in [0.2, 0.25) is 5.02 Å². The summed E-state index contributed by atoms with van der Waals surface area (Å²) in [5.41, 5.74) is 2.79. The largest absolute Gasteiger partial charge is 0.340 e. The van der Waals surface area contributed by atoms with Gasteiger partial charge < -0.3 is 5.32 Å². The molecule has 4 nitrogen and oxygen atoms in total. The van der Waals surface area contributed by atoms with Crippen molar-refractivity contribution >= 4 is 23.1 Å². The van der Waals surface area contributed by atoms with Crippen LogP contribution in [0, 0.1) is 19.7 Å². The molecule has 116 valence electrons. The number of rotatable bonds is 3. The van der Waals surface area contributed by atoms with Gasteiger partial charge in [0, 0.05) is 34.4 Å². The minimum atomic E-state index is -0.410.